The molecule has 0 aliphatic carbocycles. The molecule has 0 unspecified atom stereocenters. The number of aromatic nitrogens is 2. The fraction of sp³-hybridized carbons (Fsp3) is 0.231. The number of rotatable bonds is 4. The van der Waals surface area contributed by atoms with Crippen molar-refractivity contribution in [2.75, 3.05) is 12.3 Å². The molecule has 6 nitrogen and oxygen atoms in total. The van der Waals surface area contributed by atoms with Gasteiger partial charge in [0.05, 0.1) is 6.61 Å². The molecule has 104 valence electrons. The van der Waals surface area contributed by atoms with Crippen molar-refractivity contribution in [1.82, 2.24) is 4.98 Å². The number of halogens is 1. The monoisotopic (exact) mass is 294 g/mol. The zero-order chi connectivity index (χ0) is 14.7. The van der Waals surface area contributed by atoms with Crippen LogP contribution in [0.5, 0.6) is 0 Å². The Balaban J connectivity index is 2.45. The molecular formula is C13H13ClN3O3+. The van der Waals surface area contributed by atoms with Gasteiger partial charge in [0.15, 0.2) is 12.1 Å². The minimum absolute atomic E-state index is 0.0837. The van der Waals surface area contributed by atoms with Gasteiger partial charge in [-0.2, -0.15) is 0 Å². The lowest BCUT2D eigenvalue weighted by Gasteiger charge is -2.07. The van der Waals surface area contributed by atoms with E-state index in [9.17, 15) is 9.59 Å². The first-order valence-corrected chi connectivity index (χ1v) is 6.36. The zero-order valence-corrected chi connectivity index (χ0v) is 11.6. The number of ether oxygens (including phenoxy) is 1. The van der Waals surface area contributed by atoms with E-state index >= 15 is 0 Å². The number of Topliss-reactive ketones (excluding diaryl/α,β-unsaturated/α-hetero) is 1. The summed E-state index contributed by atoms with van der Waals surface area (Å²) in [6.45, 7) is 1.53. The number of nitrogens with zero attached hydrogens (tertiary/aromatic N) is 2. The summed E-state index contributed by atoms with van der Waals surface area (Å²) in [7, 11) is 0. The van der Waals surface area contributed by atoms with Crippen LogP contribution in [0.4, 0.5) is 5.82 Å². The molecule has 0 fully saturated rings. The van der Waals surface area contributed by atoms with Crippen LogP contribution in [0.25, 0.3) is 11.0 Å². The van der Waals surface area contributed by atoms with E-state index in [0.29, 0.717) is 11.0 Å². The van der Waals surface area contributed by atoms with Crippen LogP contribution in [-0.4, -0.2) is 23.3 Å². The number of ketones is 1. The largest absolute Gasteiger partial charge is 0.460 e. The maximum absolute atomic E-state index is 11.8. The average Bonchev–Trinajstić information content (AvgIpc) is 2.43. The molecule has 0 amide bonds. The highest BCUT2D eigenvalue weighted by Crippen LogP contribution is 2.16. The predicted molar refractivity (Wildman–Crippen MR) is 73.0 cm³/mol. The van der Waals surface area contributed by atoms with Crippen molar-refractivity contribution >= 4 is 40.2 Å². The summed E-state index contributed by atoms with van der Waals surface area (Å²) in [5.74, 6) is -1.46. The van der Waals surface area contributed by atoms with E-state index in [1.54, 1.807) is 31.2 Å². The molecule has 1 heterocycles. The van der Waals surface area contributed by atoms with Crippen molar-refractivity contribution in [2.24, 2.45) is 0 Å². The molecule has 1 aromatic heterocycles. The highest BCUT2D eigenvalue weighted by molar-refractivity contribution is 6.33. The third-order valence-electron chi connectivity index (χ3n) is 2.70. The van der Waals surface area contributed by atoms with Crippen molar-refractivity contribution in [3.8, 4) is 0 Å². The Bertz CT molecular complexity index is 688. The summed E-state index contributed by atoms with van der Waals surface area (Å²) in [4.78, 5) is 27.3. The van der Waals surface area contributed by atoms with Gasteiger partial charge >= 0.3 is 11.8 Å². The van der Waals surface area contributed by atoms with E-state index in [2.05, 4.69) is 9.72 Å². The minimum atomic E-state index is -0.892. The van der Waals surface area contributed by atoms with Crippen LogP contribution in [0.1, 0.15) is 6.92 Å². The molecule has 2 aromatic rings. The highest BCUT2D eigenvalue weighted by Gasteiger charge is 2.23. The zero-order valence-electron chi connectivity index (χ0n) is 10.8. The van der Waals surface area contributed by atoms with E-state index in [0.717, 1.165) is 0 Å². The fourth-order valence-electron chi connectivity index (χ4n) is 1.78. The smallest absolute Gasteiger partial charge is 0.378 e. The number of nitrogens with two attached hydrogens (primary N) is 1. The number of carbonyl (C=O) groups excluding carboxylic acids is 2. The quantitative estimate of drug-likeness (QED) is 0.514. The Morgan fingerprint density at radius 3 is 2.80 bits per heavy atom. The molecule has 0 spiro atoms. The van der Waals surface area contributed by atoms with Gasteiger partial charge in [0.25, 0.3) is 5.78 Å². The Kier molecular flexibility index (Phi) is 4.14. The van der Waals surface area contributed by atoms with Crippen LogP contribution in [0.3, 0.4) is 0 Å². The van der Waals surface area contributed by atoms with E-state index in [1.807, 2.05) is 0 Å². The molecule has 2 rings (SSSR count). The van der Waals surface area contributed by atoms with Crippen LogP contribution in [0.2, 0.25) is 5.15 Å². The third-order valence-corrected chi connectivity index (χ3v) is 2.98. The lowest BCUT2D eigenvalue weighted by atomic mass is 10.2. The fourth-order valence-corrected chi connectivity index (χ4v) is 1.97. The van der Waals surface area contributed by atoms with Gasteiger partial charge in [-0.15, -0.1) is 0 Å². The number of anilines is 1. The average molecular weight is 295 g/mol. The minimum Gasteiger partial charge on any atom is -0.460 e. The summed E-state index contributed by atoms with van der Waals surface area (Å²) in [6.07, 6.45) is 0. The van der Waals surface area contributed by atoms with Gasteiger partial charge in [-0.1, -0.05) is 23.7 Å². The predicted octanol–water partition coefficient (Wildman–Crippen LogP) is 0.890. The summed E-state index contributed by atoms with van der Waals surface area (Å²) in [6, 6.07) is 7.06. The van der Waals surface area contributed by atoms with Crippen molar-refractivity contribution in [2.45, 2.75) is 13.5 Å². The molecule has 20 heavy (non-hydrogen) atoms. The Hall–Kier alpha value is -2.21. The van der Waals surface area contributed by atoms with Gasteiger partial charge < -0.3 is 4.74 Å². The number of carbonyl (C=O) groups is 2. The number of nitrogen functional groups attached to an aromatic ring is 1. The summed E-state index contributed by atoms with van der Waals surface area (Å²) < 4.78 is 6.12. The third kappa shape index (κ3) is 2.70. The van der Waals surface area contributed by atoms with Crippen LogP contribution in [-0.2, 0) is 20.9 Å². The van der Waals surface area contributed by atoms with E-state index in [4.69, 9.17) is 17.3 Å². The summed E-state index contributed by atoms with van der Waals surface area (Å²) in [5, 5.41) is 0.0837. The maximum Gasteiger partial charge on any atom is 0.378 e. The molecular weight excluding hydrogens is 282 g/mol. The number of benzene rings is 1. The molecule has 0 saturated carbocycles. The summed E-state index contributed by atoms with van der Waals surface area (Å²) >= 11 is 5.93. The van der Waals surface area contributed by atoms with Crippen LogP contribution in [0.15, 0.2) is 24.3 Å². The molecule has 0 radical (unpaired) electrons. The summed E-state index contributed by atoms with van der Waals surface area (Å²) in [5.41, 5.74) is 7.04. The maximum atomic E-state index is 11.8. The molecule has 0 atom stereocenters. The highest BCUT2D eigenvalue weighted by atomic mass is 35.5. The van der Waals surface area contributed by atoms with Crippen molar-refractivity contribution in [3.63, 3.8) is 0 Å². The molecule has 0 aliphatic heterocycles. The van der Waals surface area contributed by atoms with E-state index in [-0.39, 0.29) is 24.1 Å². The van der Waals surface area contributed by atoms with Crippen molar-refractivity contribution in [1.29, 1.82) is 0 Å². The molecule has 0 saturated heterocycles. The van der Waals surface area contributed by atoms with Crippen molar-refractivity contribution in [3.05, 3.63) is 29.4 Å². The number of para-hydroxylation sites is 2. The van der Waals surface area contributed by atoms with Gasteiger partial charge in [0.2, 0.25) is 5.15 Å². The Morgan fingerprint density at radius 2 is 2.10 bits per heavy atom. The standard InChI is InChI=1S/C13H12ClN3O3/c1-2-20-13(19)10(18)7-17-9-6-4-3-5-8(9)16-11(14)12(17)15/h3-6,15H,2,7H2,1H3/p+1. The van der Waals surface area contributed by atoms with E-state index in [1.165, 1.54) is 4.57 Å². The number of hydrogen-bond donors (Lipinski definition) is 1. The second kappa shape index (κ2) is 5.83. The Labute approximate surface area is 120 Å². The van der Waals surface area contributed by atoms with Crippen LogP contribution < -0.4 is 10.3 Å². The van der Waals surface area contributed by atoms with Gasteiger partial charge in [-0.3, -0.25) is 10.5 Å². The first kappa shape index (κ1) is 14.2. The number of hydrogen-bond acceptors (Lipinski definition) is 5. The van der Waals surface area contributed by atoms with Gasteiger partial charge in [-0.05, 0) is 19.1 Å². The molecule has 7 heteroatoms. The van der Waals surface area contributed by atoms with Crippen LogP contribution in [0, 0.1) is 0 Å². The molecule has 0 aliphatic rings. The topological polar surface area (TPSA) is 86.2 Å². The second-order valence-corrected chi connectivity index (χ2v) is 4.36. The van der Waals surface area contributed by atoms with Gasteiger partial charge in [-0.25, -0.2) is 14.3 Å². The number of esters is 1. The molecule has 0 bridgehead atoms. The van der Waals surface area contributed by atoms with E-state index < -0.39 is 11.8 Å². The van der Waals surface area contributed by atoms with Crippen LogP contribution >= 0.6 is 11.6 Å². The Morgan fingerprint density at radius 1 is 1.40 bits per heavy atom. The lowest BCUT2D eigenvalue weighted by Crippen LogP contribution is -2.44. The SMILES string of the molecule is CCOC(=O)C(=O)C[n+]1c(N)c(Cl)nc2ccccc21. The first-order valence-electron chi connectivity index (χ1n) is 5.98. The van der Waals surface area contributed by atoms with Crippen molar-refractivity contribution < 1.29 is 18.9 Å². The molecule has 2 N–H and O–H groups in total. The normalized spacial score (nSPS) is 10.5. The second-order valence-electron chi connectivity index (χ2n) is 4.01. The number of fused-ring (bicyclic) bond motifs is 1. The first-order chi connectivity index (χ1) is 9.54. The van der Waals surface area contributed by atoms with Gasteiger partial charge in [0.1, 0.15) is 5.52 Å². The van der Waals surface area contributed by atoms with Gasteiger partial charge in [0, 0.05) is 0 Å². The lowest BCUT2D eigenvalue weighted by molar-refractivity contribution is -0.643. The molecule has 1 aromatic carbocycles.